The summed E-state index contributed by atoms with van der Waals surface area (Å²) in [5, 5.41) is 13.1. The highest BCUT2D eigenvalue weighted by Crippen LogP contribution is 2.05. The zero-order chi connectivity index (χ0) is 10.6. The predicted octanol–water partition coefficient (Wildman–Crippen LogP) is -0.638. The third-order valence-electron chi connectivity index (χ3n) is 2.28. The predicted molar refractivity (Wildman–Crippen MR) is 50.7 cm³/mol. The molecule has 1 aliphatic rings. The van der Waals surface area contributed by atoms with Crippen LogP contribution in [-0.2, 0) is 0 Å². The van der Waals surface area contributed by atoms with Gasteiger partial charge in [0.05, 0.1) is 11.5 Å². The zero-order valence-electron chi connectivity index (χ0n) is 7.91. The summed E-state index contributed by atoms with van der Waals surface area (Å²) >= 11 is 0. The van der Waals surface area contributed by atoms with E-state index >= 15 is 0 Å². The summed E-state index contributed by atoms with van der Waals surface area (Å²) in [6.45, 7) is 5.97. The number of nitrogens with zero attached hydrogens (tertiary/aromatic N) is 4. The molecule has 1 unspecified atom stereocenters. The molecule has 1 atom stereocenters. The molecule has 1 aliphatic heterocycles. The van der Waals surface area contributed by atoms with E-state index in [0.717, 1.165) is 0 Å². The van der Waals surface area contributed by atoms with Gasteiger partial charge in [0.1, 0.15) is 0 Å². The molecule has 1 heterocycles. The van der Waals surface area contributed by atoms with Gasteiger partial charge in [-0.2, -0.15) is 5.01 Å². The number of piperazine rings is 1. The van der Waals surface area contributed by atoms with Crippen molar-refractivity contribution in [2.24, 2.45) is 11.0 Å². The standard InChI is InChI=1S/C7H15N5O2/c1-2-7(8)10-3-5-11(6-4-10)12(14)9-13/h2,7,14H,1,3-6,8H2. The van der Waals surface area contributed by atoms with Crippen molar-refractivity contribution in [1.82, 2.24) is 15.2 Å². The average Bonchev–Trinajstić information content (AvgIpc) is 2.27. The minimum atomic E-state index is -0.173. The van der Waals surface area contributed by atoms with Crippen LogP contribution in [0.15, 0.2) is 17.9 Å². The minimum Gasteiger partial charge on any atom is -0.312 e. The largest absolute Gasteiger partial charge is 0.312 e. The second-order valence-corrected chi connectivity index (χ2v) is 3.07. The maximum atomic E-state index is 10.0. The highest BCUT2D eigenvalue weighted by molar-refractivity contribution is 4.85. The molecule has 0 aliphatic carbocycles. The average molecular weight is 201 g/mol. The molecule has 0 aromatic rings. The van der Waals surface area contributed by atoms with Crippen molar-refractivity contribution < 1.29 is 5.21 Å². The molecule has 14 heavy (non-hydrogen) atoms. The Morgan fingerprint density at radius 1 is 1.50 bits per heavy atom. The van der Waals surface area contributed by atoms with E-state index in [9.17, 15) is 4.91 Å². The molecular formula is C7H15N5O2. The van der Waals surface area contributed by atoms with Gasteiger partial charge in [-0.05, 0) is 0 Å². The van der Waals surface area contributed by atoms with Crippen molar-refractivity contribution in [2.45, 2.75) is 6.17 Å². The lowest BCUT2D eigenvalue weighted by atomic mass is 10.3. The van der Waals surface area contributed by atoms with Crippen LogP contribution in [0.2, 0.25) is 0 Å². The van der Waals surface area contributed by atoms with E-state index in [1.807, 2.05) is 4.90 Å². The Bertz CT molecular complexity index is 182. The van der Waals surface area contributed by atoms with Gasteiger partial charge in [0.2, 0.25) is 0 Å². The zero-order valence-corrected chi connectivity index (χ0v) is 7.91. The molecule has 0 aromatic heterocycles. The van der Waals surface area contributed by atoms with Gasteiger partial charge in [0, 0.05) is 26.2 Å². The lowest BCUT2D eigenvalue weighted by Crippen LogP contribution is -2.55. The molecule has 80 valence electrons. The van der Waals surface area contributed by atoms with Gasteiger partial charge in [-0.3, -0.25) is 10.1 Å². The van der Waals surface area contributed by atoms with Crippen LogP contribution in [0, 0.1) is 4.91 Å². The Labute approximate surface area is 82.2 Å². The molecular weight excluding hydrogens is 186 g/mol. The lowest BCUT2D eigenvalue weighted by molar-refractivity contribution is -0.257. The first-order valence-corrected chi connectivity index (χ1v) is 4.38. The molecule has 0 spiro atoms. The fourth-order valence-electron chi connectivity index (χ4n) is 1.39. The second-order valence-electron chi connectivity index (χ2n) is 3.07. The quantitative estimate of drug-likeness (QED) is 0.357. The van der Waals surface area contributed by atoms with Crippen molar-refractivity contribution in [3.05, 3.63) is 17.6 Å². The third-order valence-corrected chi connectivity index (χ3v) is 2.28. The van der Waals surface area contributed by atoms with Gasteiger partial charge in [0.15, 0.2) is 0 Å². The second kappa shape index (κ2) is 5.01. The van der Waals surface area contributed by atoms with Gasteiger partial charge in [0.25, 0.3) is 0 Å². The van der Waals surface area contributed by atoms with Gasteiger partial charge >= 0.3 is 0 Å². The molecule has 7 heteroatoms. The van der Waals surface area contributed by atoms with E-state index in [0.29, 0.717) is 31.5 Å². The summed E-state index contributed by atoms with van der Waals surface area (Å²) in [5.41, 5.74) is 5.73. The molecule has 1 saturated heterocycles. The summed E-state index contributed by atoms with van der Waals surface area (Å²) < 4.78 is 0. The SMILES string of the molecule is C=CC(N)N1CCN(N(O)N=O)CC1. The summed E-state index contributed by atoms with van der Waals surface area (Å²) in [4.78, 5) is 12.0. The first kappa shape index (κ1) is 11.1. The van der Waals surface area contributed by atoms with Crippen molar-refractivity contribution >= 4 is 0 Å². The Kier molecular flexibility index (Phi) is 3.96. The number of nitrogens with two attached hydrogens (primary N) is 1. The molecule has 7 nitrogen and oxygen atoms in total. The Hall–Kier alpha value is -1.02. The number of hydrogen-bond acceptors (Lipinski definition) is 6. The molecule has 0 bridgehead atoms. The van der Waals surface area contributed by atoms with E-state index in [1.54, 1.807) is 6.08 Å². The first-order chi connectivity index (χ1) is 6.69. The Morgan fingerprint density at radius 3 is 2.50 bits per heavy atom. The van der Waals surface area contributed by atoms with Crippen molar-refractivity contribution in [3.63, 3.8) is 0 Å². The fourth-order valence-corrected chi connectivity index (χ4v) is 1.39. The molecule has 0 saturated carbocycles. The third kappa shape index (κ3) is 2.48. The van der Waals surface area contributed by atoms with Crippen LogP contribution in [0.3, 0.4) is 0 Å². The van der Waals surface area contributed by atoms with E-state index in [2.05, 4.69) is 11.9 Å². The number of nitroso groups, excluding NO2 is 1. The van der Waals surface area contributed by atoms with Crippen LogP contribution < -0.4 is 5.73 Å². The van der Waals surface area contributed by atoms with E-state index in [1.165, 1.54) is 5.01 Å². The summed E-state index contributed by atoms with van der Waals surface area (Å²) in [5.74, 6) is 0. The van der Waals surface area contributed by atoms with Crippen molar-refractivity contribution in [2.75, 3.05) is 26.2 Å². The van der Waals surface area contributed by atoms with Crippen LogP contribution in [0.5, 0.6) is 0 Å². The molecule has 0 amide bonds. The van der Waals surface area contributed by atoms with E-state index < -0.39 is 0 Å². The Morgan fingerprint density at radius 2 is 2.07 bits per heavy atom. The molecule has 1 fully saturated rings. The minimum absolute atomic E-state index is 0.173. The summed E-state index contributed by atoms with van der Waals surface area (Å²) in [6, 6.07) is 0. The van der Waals surface area contributed by atoms with E-state index in [-0.39, 0.29) is 6.17 Å². The maximum Gasteiger partial charge on any atom is 0.0962 e. The Balaban J connectivity index is 2.38. The van der Waals surface area contributed by atoms with Crippen LogP contribution in [0.1, 0.15) is 0 Å². The molecule has 3 N–H and O–H groups in total. The van der Waals surface area contributed by atoms with Crippen LogP contribution in [0.25, 0.3) is 0 Å². The van der Waals surface area contributed by atoms with Crippen LogP contribution in [-0.4, -0.2) is 52.7 Å². The number of hydrogen-bond donors (Lipinski definition) is 2. The van der Waals surface area contributed by atoms with Crippen molar-refractivity contribution in [3.8, 4) is 0 Å². The first-order valence-electron chi connectivity index (χ1n) is 4.38. The summed E-state index contributed by atoms with van der Waals surface area (Å²) in [7, 11) is 0. The normalized spacial score (nSPS) is 21.6. The van der Waals surface area contributed by atoms with E-state index in [4.69, 9.17) is 10.9 Å². The van der Waals surface area contributed by atoms with Gasteiger partial charge in [-0.15, -0.1) is 11.5 Å². The maximum absolute atomic E-state index is 10.0. The smallest absolute Gasteiger partial charge is 0.0962 e. The van der Waals surface area contributed by atoms with Crippen LogP contribution >= 0.6 is 0 Å². The number of hydrazine groups is 1. The monoisotopic (exact) mass is 201 g/mol. The van der Waals surface area contributed by atoms with Crippen molar-refractivity contribution in [1.29, 1.82) is 0 Å². The topological polar surface area (TPSA) is 85.4 Å². The molecule has 0 aromatic carbocycles. The summed E-state index contributed by atoms with van der Waals surface area (Å²) in [6.07, 6.45) is 1.48. The molecule has 0 radical (unpaired) electrons. The van der Waals surface area contributed by atoms with Gasteiger partial charge in [-0.1, -0.05) is 11.4 Å². The van der Waals surface area contributed by atoms with Crippen LogP contribution in [0.4, 0.5) is 0 Å². The lowest BCUT2D eigenvalue weighted by Gasteiger charge is -2.36. The number of rotatable bonds is 4. The fraction of sp³-hybridized carbons (Fsp3) is 0.714. The highest BCUT2D eigenvalue weighted by Gasteiger charge is 2.23. The molecule has 1 rings (SSSR count). The van der Waals surface area contributed by atoms with Gasteiger partial charge < -0.3 is 5.73 Å². The highest BCUT2D eigenvalue weighted by atomic mass is 16.6. The van der Waals surface area contributed by atoms with Gasteiger partial charge in [-0.25, -0.2) is 0 Å².